The Morgan fingerprint density at radius 1 is 1.30 bits per heavy atom. The molecule has 0 N–H and O–H groups in total. The van der Waals surface area contributed by atoms with E-state index < -0.39 is 5.54 Å². The van der Waals surface area contributed by atoms with Gasteiger partial charge in [0, 0.05) is 30.2 Å². The molecule has 1 fully saturated rings. The van der Waals surface area contributed by atoms with Gasteiger partial charge < -0.3 is 9.80 Å². The first-order valence-electron chi connectivity index (χ1n) is 6.59. The molecule has 20 heavy (non-hydrogen) atoms. The van der Waals surface area contributed by atoms with Gasteiger partial charge in [-0.3, -0.25) is 9.59 Å². The Kier molecular flexibility index (Phi) is 3.91. The summed E-state index contributed by atoms with van der Waals surface area (Å²) in [5, 5.41) is 0. The Bertz CT molecular complexity index is 569. The van der Waals surface area contributed by atoms with Gasteiger partial charge in [-0.25, -0.2) is 0 Å². The van der Waals surface area contributed by atoms with E-state index in [0.29, 0.717) is 18.7 Å². The molecular formula is C15H19BrN2O2. The number of hydrogen-bond donors (Lipinski definition) is 0. The average molecular weight is 339 g/mol. The summed E-state index contributed by atoms with van der Waals surface area (Å²) in [5.41, 5.74) is 0.739. The van der Waals surface area contributed by atoms with E-state index in [1.807, 2.05) is 19.1 Å². The fraction of sp³-hybridized carbons (Fsp3) is 0.467. The summed E-state index contributed by atoms with van der Waals surface area (Å²) >= 11 is 3.44. The van der Waals surface area contributed by atoms with E-state index in [1.54, 1.807) is 36.8 Å². The molecule has 0 aromatic heterocycles. The second-order valence-electron chi connectivity index (χ2n) is 5.65. The van der Waals surface area contributed by atoms with Crippen LogP contribution in [0.3, 0.4) is 0 Å². The summed E-state index contributed by atoms with van der Waals surface area (Å²) in [5.74, 6) is -0.111. The number of piperazine rings is 1. The van der Waals surface area contributed by atoms with Gasteiger partial charge in [-0.1, -0.05) is 22.0 Å². The predicted octanol–water partition coefficient (Wildman–Crippen LogP) is 2.45. The van der Waals surface area contributed by atoms with Crippen LogP contribution in [0.2, 0.25) is 0 Å². The van der Waals surface area contributed by atoms with Gasteiger partial charge in [0.25, 0.3) is 5.91 Å². The molecular weight excluding hydrogens is 320 g/mol. The van der Waals surface area contributed by atoms with E-state index in [-0.39, 0.29) is 11.8 Å². The lowest BCUT2D eigenvalue weighted by atomic mass is 9.95. The zero-order chi connectivity index (χ0) is 15.1. The topological polar surface area (TPSA) is 40.6 Å². The maximum atomic E-state index is 12.8. The third-order valence-electron chi connectivity index (χ3n) is 3.95. The smallest absolute Gasteiger partial charge is 0.255 e. The van der Waals surface area contributed by atoms with Gasteiger partial charge in [-0.15, -0.1) is 0 Å². The van der Waals surface area contributed by atoms with Crippen LogP contribution in [0.4, 0.5) is 0 Å². The van der Waals surface area contributed by atoms with Crippen molar-refractivity contribution in [3.8, 4) is 0 Å². The summed E-state index contributed by atoms with van der Waals surface area (Å²) in [4.78, 5) is 28.4. The largest absolute Gasteiger partial charge is 0.342 e. The number of amides is 2. The highest BCUT2D eigenvalue weighted by molar-refractivity contribution is 9.10. The molecule has 0 atom stereocenters. The number of benzene rings is 1. The first-order chi connectivity index (χ1) is 9.26. The summed E-state index contributed by atoms with van der Waals surface area (Å²) in [6, 6.07) is 5.56. The van der Waals surface area contributed by atoms with E-state index in [1.165, 1.54) is 0 Å². The van der Waals surface area contributed by atoms with Gasteiger partial charge in [0.2, 0.25) is 5.91 Å². The lowest BCUT2D eigenvalue weighted by Gasteiger charge is -2.44. The van der Waals surface area contributed by atoms with Crippen molar-refractivity contribution in [1.82, 2.24) is 9.80 Å². The fourth-order valence-electron chi connectivity index (χ4n) is 2.55. The minimum absolute atomic E-state index is 0.0234. The molecule has 1 heterocycles. The first-order valence-corrected chi connectivity index (χ1v) is 7.38. The molecule has 0 aliphatic carbocycles. The molecule has 1 aromatic carbocycles. The zero-order valence-electron chi connectivity index (χ0n) is 12.2. The highest BCUT2D eigenvalue weighted by Crippen LogP contribution is 2.27. The summed E-state index contributed by atoms with van der Waals surface area (Å²) in [7, 11) is 1.77. The Hall–Kier alpha value is -1.36. The van der Waals surface area contributed by atoms with Crippen molar-refractivity contribution in [2.24, 2.45) is 0 Å². The molecule has 0 radical (unpaired) electrons. The maximum Gasteiger partial charge on any atom is 0.255 e. The van der Waals surface area contributed by atoms with Crippen LogP contribution >= 0.6 is 15.9 Å². The van der Waals surface area contributed by atoms with E-state index >= 15 is 0 Å². The molecule has 0 bridgehead atoms. The SMILES string of the molecule is Cc1c(Br)cccc1C(=O)N1CCN(C)C(=O)C1(C)C. The third-order valence-corrected chi connectivity index (χ3v) is 4.81. The molecule has 108 valence electrons. The van der Waals surface area contributed by atoms with Crippen molar-refractivity contribution in [3.63, 3.8) is 0 Å². The highest BCUT2D eigenvalue weighted by atomic mass is 79.9. The second-order valence-corrected chi connectivity index (χ2v) is 6.51. The van der Waals surface area contributed by atoms with E-state index in [0.717, 1.165) is 10.0 Å². The minimum Gasteiger partial charge on any atom is -0.342 e. The molecule has 1 aromatic rings. The molecule has 1 aliphatic heterocycles. The molecule has 5 heteroatoms. The van der Waals surface area contributed by atoms with Crippen molar-refractivity contribution in [2.45, 2.75) is 26.3 Å². The van der Waals surface area contributed by atoms with Crippen LogP contribution in [0.15, 0.2) is 22.7 Å². The lowest BCUT2D eigenvalue weighted by molar-refractivity contribution is -0.144. The monoisotopic (exact) mass is 338 g/mol. The van der Waals surface area contributed by atoms with E-state index in [4.69, 9.17) is 0 Å². The molecule has 0 saturated carbocycles. The molecule has 2 rings (SSSR count). The molecule has 2 amide bonds. The van der Waals surface area contributed by atoms with Crippen molar-refractivity contribution < 1.29 is 9.59 Å². The van der Waals surface area contributed by atoms with Crippen molar-refractivity contribution in [1.29, 1.82) is 0 Å². The van der Waals surface area contributed by atoms with Crippen molar-refractivity contribution in [3.05, 3.63) is 33.8 Å². The first kappa shape index (κ1) is 15.0. The predicted molar refractivity (Wildman–Crippen MR) is 81.6 cm³/mol. The van der Waals surface area contributed by atoms with Crippen LogP contribution in [-0.4, -0.2) is 47.3 Å². The van der Waals surface area contributed by atoms with Crippen molar-refractivity contribution in [2.75, 3.05) is 20.1 Å². The van der Waals surface area contributed by atoms with Gasteiger partial charge in [0.15, 0.2) is 0 Å². The van der Waals surface area contributed by atoms with E-state index in [9.17, 15) is 9.59 Å². The van der Waals surface area contributed by atoms with Crippen LogP contribution in [0.25, 0.3) is 0 Å². The van der Waals surface area contributed by atoms with Crippen molar-refractivity contribution >= 4 is 27.7 Å². The van der Waals surface area contributed by atoms with Crippen LogP contribution < -0.4 is 0 Å². The molecule has 4 nitrogen and oxygen atoms in total. The standard InChI is InChI=1S/C15H19BrN2O2/c1-10-11(6-5-7-12(10)16)13(19)18-9-8-17(4)14(20)15(18,2)3/h5-7H,8-9H2,1-4H3. The van der Waals surface area contributed by atoms with Crippen LogP contribution in [0.1, 0.15) is 29.8 Å². The number of nitrogens with zero attached hydrogens (tertiary/aromatic N) is 2. The summed E-state index contributed by atoms with van der Waals surface area (Å²) < 4.78 is 0.904. The quantitative estimate of drug-likeness (QED) is 0.789. The number of halogens is 1. The van der Waals surface area contributed by atoms with Gasteiger partial charge in [-0.05, 0) is 38.5 Å². The molecule has 0 unspecified atom stereocenters. The van der Waals surface area contributed by atoms with Crippen LogP contribution in [0.5, 0.6) is 0 Å². The van der Waals surface area contributed by atoms with Gasteiger partial charge in [0.05, 0.1) is 0 Å². The minimum atomic E-state index is -0.807. The van der Waals surface area contributed by atoms with Gasteiger partial charge in [-0.2, -0.15) is 0 Å². The summed E-state index contributed by atoms with van der Waals surface area (Å²) in [6.07, 6.45) is 0. The van der Waals surface area contributed by atoms with Crippen LogP contribution in [-0.2, 0) is 4.79 Å². The average Bonchev–Trinajstić information content (AvgIpc) is 2.39. The number of carbonyl (C=O) groups is 2. The third kappa shape index (κ3) is 2.35. The van der Waals surface area contributed by atoms with Gasteiger partial charge >= 0.3 is 0 Å². The molecule has 1 aliphatic rings. The normalized spacial score (nSPS) is 18.4. The number of rotatable bonds is 1. The Morgan fingerprint density at radius 2 is 1.95 bits per heavy atom. The van der Waals surface area contributed by atoms with Gasteiger partial charge in [0.1, 0.15) is 5.54 Å². The summed E-state index contributed by atoms with van der Waals surface area (Å²) in [6.45, 7) is 6.63. The second kappa shape index (κ2) is 5.20. The number of hydrogen-bond acceptors (Lipinski definition) is 2. The Balaban J connectivity index is 2.38. The highest BCUT2D eigenvalue weighted by Gasteiger charge is 2.43. The Labute approximate surface area is 127 Å². The Morgan fingerprint density at radius 3 is 2.60 bits per heavy atom. The fourth-order valence-corrected chi connectivity index (χ4v) is 2.92. The number of likely N-dealkylation sites (N-methyl/N-ethyl adjacent to an activating group) is 1. The molecule has 0 spiro atoms. The zero-order valence-corrected chi connectivity index (χ0v) is 13.8. The number of carbonyl (C=O) groups excluding carboxylic acids is 2. The van der Waals surface area contributed by atoms with Crippen LogP contribution in [0, 0.1) is 6.92 Å². The maximum absolute atomic E-state index is 12.8. The van der Waals surface area contributed by atoms with E-state index in [2.05, 4.69) is 15.9 Å². The lowest BCUT2D eigenvalue weighted by Crippen LogP contribution is -2.63. The molecule has 1 saturated heterocycles.